The third-order valence-corrected chi connectivity index (χ3v) is 12.9. The van der Waals surface area contributed by atoms with Crippen LogP contribution in [0, 0.1) is 0 Å². The Balaban J connectivity index is 0.987. The second kappa shape index (κ2) is 14.1. The molecule has 0 aliphatic heterocycles. The van der Waals surface area contributed by atoms with E-state index >= 15 is 0 Å². The number of furan rings is 1. The first-order valence-corrected chi connectivity index (χ1v) is 21.1. The van der Waals surface area contributed by atoms with Gasteiger partial charge in [0.05, 0.1) is 6.04 Å². The molecule has 0 bridgehead atoms. The summed E-state index contributed by atoms with van der Waals surface area (Å²) in [7, 11) is 0. The highest BCUT2D eigenvalue weighted by atomic mass is 16.3. The number of hydrogen-bond acceptors (Lipinski definition) is 2. The standard InChI is InChI=1S/C58H41NO/c1-3-14-46-38(12-1)24-25-40-26-27-43(37-53(40)46)48-16-7-9-21-55(48)59(44-32-28-39(29-33-44)49-20-11-23-57-58(49)52-19-8-10-22-56(52)60-57)45-34-30-41(31-35-45)54-36-42-13-2-4-15-47(42)50-17-5-6-18-51(50)54/h1-20,22-25,28-37,55H,21,26-27H2/t55-/m1/s1. The van der Waals surface area contributed by atoms with Gasteiger partial charge in [-0.3, -0.25) is 0 Å². The molecule has 2 aliphatic carbocycles. The van der Waals surface area contributed by atoms with E-state index in [9.17, 15) is 0 Å². The average Bonchev–Trinajstić information content (AvgIpc) is 3.71. The predicted octanol–water partition coefficient (Wildman–Crippen LogP) is 15.8. The van der Waals surface area contributed by atoms with E-state index < -0.39 is 0 Å². The third-order valence-electron chi connectivity index (χ3n) is 12.9. The van der Waals surface area contributed by atoms with Crippen molar-refractivity contribution < 1.29 is 4.42 Å². The smallest absolute Gasteiger partial charge is 0.136 e. The Morgan fingerprint density at radius 2 is 1.13 bits per heavy atom. The fourth-order valence-corrected chi connectivity index (χ4v) is 10.1. The van der Waals surface area contributed by atoms with Crippen LogP contribution in [0.3, 0.4) is 0 Å². The predicted molar refractivity (Wildman–Crippen MR) is 254 cm³/mol. The van der Waals surface area contributed by atoms with E-state index in [0.717, 1.165) is 41.2 Å². The fraction of sp³-hybridized carbons (Fsp3) is 0.0690. The number of nitrogens with zero attached hydrogens (tertiary/aromatic N) is 1. The Morgan fingerprint density at radius 1 is 0.483 bits per heavy atom. The highest BCUT2D eigenvalue weighted by molar-refractivity contribution is 6.14. The molecule has 2 heteroatoms. The van der Waals surface area contributed by atoms with Gasteiger partial charge in [-0.15, -0.1) is 0 Å². The Kier molecular flexibility index (Phi) is 8.16. The van der Waals surface area contributed by atoms with Crippen LogP contribution < -0.4 is 4.90 Å². The Bertz CT molecular complexity index is 3400. The molecule has 1 atom stereocenters. The van der Waals surface area contributed by atoms with Gasteiger partial charge >= 0.3 is 0 Å². The summed E-state index contributed by atoms with van der Waals surface area (Å²) in [5, 5.41) is 10.0. The molecule has 0 fully saturated rings. The molecular formula is C58H41NO. The lowest BCUT2D eigenvalue weighted by Gasteiger charge is -2.38. The van der Waals surface area contributed by atoms with Crippen molar-refractivity contribution in [3.05, 3.63) is 222 Å². The normalized spacial score (nSPS) is 15.1. The van der Waals surface area contributed by atoms with Gasteiger partial charge in [0.15, 0.2) is 0 Å². The number of fused-ring (bicyclic) bond motifs is 9. The highest BCUT2D eigenvalue weighted by Crippen LogP contribution is 2.43. The van der Waals surface area contributed by atoms with E-state index in [1.807, 2.05) is 6.07 Å². The molecule has 284 valence electrons. The highest BCUT2D eigenvalue weighted by Gasteiger charge is 2.29. The van der Waals surface area contributed by atoms with Gasteiger partial charge in [0.25, 0.3) is 0 Å². The second-order valence-electron chi connectivity index (χ2n) is 16.3. The molecule has 60 heavy (non-hydrogen) atoms. The van der Waals surface area contributed by atoms with Crippen molar-refractivity contribution in [2.75, 3.05) is 4.90 Å². The van der Waals surface area contributed by atoms with Crippen molar-refractivity contribution in [2.45, 2.75) is 25.3 Å². The van der Waals surface area contributed by atoms with Gasteiger partial charge in [0.2, 0.25) is 0 Å². The van der Waals surface area contributed by atoms with Gasteiger partial charge in [-0.2, -0.15) is 0 Å². The second-order valence-corrected chi connectivity index (χ2v) is 16.3. The van der Waals surface area contributed by atoms with Gasteiger partial charge in [-0.25, -0.2) is 0 Å². The van der Waals surface area contributed by atoms with E-state index in [0.29, 0.717) is 0 Å². The van der Waals surface area contributed by atoms with Crippen LogP contribution in [0.1, 0.15) is 24.0 Å². The topological polar surface area (TPSA) is 16.4 Å². The summed E-state index contributed by atoms with van der Waals surface area (Å²) in [6, 6.07) is 66.7. The van der Waals surface area contributed by atoms with Gasteiger partial charge in [0, 0.05) is 22.1 Å². The maximum atomic E-state index is 6.29. The minimum Gasteiger partial charge on any atom is -0.456 e. The molecule has 0 unspecified atom stereocenters. The lowest BCUT2D eigenvalue weighted by molar-refractivity contribution is 0.669. The van der Waals surface area contributed by atoms with Crippen molar-refractivity contribution in [2.24, 2.45) is 0 Å². The maximum Gasteiger partial charge on any atom is 0.136 e. The van der Waals surface area contributed by atoms with Crippen molar-refractivity contribution in [1.82, 2.24) is 0 Å². The van der Waals surface area contributed by atoms with Gasteiger partial charge in [0.1, 0.15) is 11.2 Å². The average molecular weight is 768 g/mol. The summed E-state index contributed by atoms with van der Waals surface area (Å²) in [5.74, 6) is 0. The van der Waals surface area contributed by atoms with Crippen molar-refractivity contribution >= 4 is 71.7 Å². The number of para-hydroxylation sites is 1. The van der Waals surface area contributed by atoms with Gasteiger partial charge < -0.3 is 9.32 Å². The molecule has 2 nitrogen and oxygen atoms in total. The molecule has 1 aromatic heterocycles. The summed E-state index contributed by atoms with van der Waals surface area (Å²) in [6.45, 7) is 0. The monoisotopic (exact) mass is 767 g/mol. The molecule has 0 saturated carbocycles. The first kappa shape index (κ1) is 34.6. The Hall–Kier alpha value is -7.42. The molecule has 10 aromatic rings. The van der Waals surface area contributed by atoms with Crippen LogP contribution in [0.5, 0.6) is 0 Å². The zero-order chi connectivity index (χ0) is 39.6. The van der Waals surface area contributed by atoms with E-state index in [1.165, 1.54) is 88.2 Å². The number of aryl methyl sites for hydroxylation is 1. The van der Waals surface area contributed by atoms with E-state index in [4.69, 9.17) is 4.42 Å². The summed E-state index contributed by atoms with van der Waals surface area (Å²) >= 11 is 0. The first-order chi connectivity index (χ1) is 29.7. The molecule has 9 aromatic carbocycles. The van der Waals surface area contributed by atoms with Crippen LogP contribution in [0.2, 0.25) is 0 Å². The van der Waals surface area contributed by atoms with Crippen LogP contribution in [0.15, 0.2) is 216 Å². The van der Waals surface area contributed by atoms with Crippen molar-refractivity contribution in [3.8, 4) is 22.3 Å². The van der Waals surface area contributed by atoms with Crippen LogP contribution in [0.4, 0.5) is 11.4 Å². The fourth-order valence-electron chi connectivity index (χ4n) is 10.1. The molecule has 1 heterocycles. The molecule has 0 radical (unpaired) electrons. The lowest BCUT2D eigenvalue weighted by atomic mass is 9.81. The Morgan fingerprint density at radius 3 is 1.93 bits per heavy atom. The van der Waals surface area contributed by atoms with Gasteiger partial charge in [-0.05, 0) is 139 Å². The third kappa shape index (κ3) is 5.71. The van der Waals surface area contributed by atoms with Crippen LogP contribution in [-0.2, 0) is 6.42 Å². The number of allylic oxidation sites excluding steroid dienone is 2. The summed E-state index contributed by atoms with van der Waals surface area (Å²) < 4.78 is 6.29. The van der Waals surface area contributed by atoms with Crippen LogP contribution in [-0.4, -0.2) is 6.04 Å². The number of anilines is 2. The SMILES string of the molecule is C1=CC[C@@H](N(c2ccc(-c3cc4ccccc4c4ccccc34)cc2)c2ccc(-c3cccc4oc5ccccc5c34)cc2)C(C2=Cc3c(ccc4ccccc34)CC2)=C1. The van der Waals surface area contributed by atoms with Crippen molar-refractivity contribution in [3.63, 3.8) is 0 Å². The molecule has 0 spiro atoms. The number of rotatable bonds is 6. The number of benzene rings is 9. The molecule has 0 saturated heterocycles. The molecule has 0 N–H and O–H groups in total. The Labute approximate surface area is 349 Å². The minimum atomic E-state index is 0.109. The number of hydrogen-bond donors (Lipinski definition) is 0. The molecule has 0 amide bonds. The quantitative estimate of drug-likeness (QED) is 0.157. The lowest BCUT2D eigenvalue weighted by Crippen LogP contribution is -2.34. The zero-order valence-corrected chi connectivity index (χ0v) is 33.2. The molecule has 12 rings (SSSR count). The summed E-state index contributed by atoms with van der Waals surface area (Å²) in [5.41, 5.74) is 14.6. The first-order valence-electron chi connectivity index (χ1n) is 21.1. The summed E-state index contributed by atoms with van der Waals surface area (Å²) in [4.78, 5) is 2.58. The maximum absolute atomic E-state index is 6.29. The van der Waals surface area contributed by atoms with Crippen molar-refractivity contribution in [1.29, 1.82) is 0 Å². The zero-order valence-electron chi connectivity index (χ0n) is 33.2. The minimum absolute atomic E-state index is 0.109. The van der Waals surface area contributed by atoms with Gasteiger partial charge in [-0.1, -0.05) is 164 Å². The molecular weight excluding hydrogens is 727 g/mol. The summed E-state index contributed by atoms with van der Waals surface area (Å²) in [6.07, 6.45) is 12.4. The van der Waals surface area contributed by atoms with Crippen LogP contribution >= 0.6 is 0 Å². The van der Waals surface area contributed by atoms with E-state index in [1.54, 1.807) is 0 Å². The van der Waals surface area contributed by atoms with E-state index in [2.05, 4.69) is 205 Å². The largest absolute Gasteiger partial charge is 0.456 e. The van der Waals surface area contributed by atoms with Crippen LogP contribution in [0.25, 0.3) is 82.6 Å². The van der Waals surface area contributed by atoms with E-state index in [-0.39, 0.29) is 6.04 Å². The molecule has 2 aliphatic rings.